The lowest BCUT2D eigenvalue weighted by Crippen LogP contribution is -2.54. The highest BCUT2D eigenvalue weighted by molar-refractivity contribution is 5.49. The quantitative estimate of drug-likeness (QED) is 0.871. The van der Waals surface area contributed by atoms with E-state index in [9.17, 15) is 0 Å². The SMILES string of the molecule is Cc1cc(OC2CCCCC2N2CCN(C)CC2)ccc1N. The maximum absolute atomic E-state index is 6.37. The van der Waals surface area contributed by atoms with Crippen molar-refractivity contribution in [2.45, 2.75) is 44.8 Å². The van der Waals surface area contributed by atoms with E-state index in [0.717, 1.165) is 17.0 Å². The number of hydrogen-bond donors (Lipinski definition) is 1. The van der Waals surface area contributed by atoms with Crippen molar-refractivity contribution in [2.24, 2.45) is 0 Å². The third-order valence-corrected chi connectivity index (χ3v) is 5.20. The van der Waals surface area contributed by atoms with Crippen molar-refractivity contribution in [3.8, 4) is 5.75 Å². The Morgan fingerprint density at radius 3 is 2.55 bits per heavy atom. The van der Waals surface area contributed by atoms with Crippen LogP contribution in [0.25, 0.3) is 0 Å². The van der Waals surface area contributed by atoms with Crippen LogP contribution in [0.5, 0.6) is 5.75 Å². The topological polar surface area (TPSA) is 41.7 Å². The molecule has 0 radical (unpaired) electrons. The number of ether oxygens (including phenoxy) is 1. The summed E-state index contributed by atoms with van der Waals surface area (Å²) in [6.45, 7) is 6.72. The van der Waals surface area contributed by atoms with E-state index in [-0.39, 0.29) is 0 Å². The van der Waals surface area contributed by atoms with E-state index in [1.54, 1.807) is 0 Å². The largest absolute Gasteiger partial charge is 0.489 e. The first-order valence-corrected chi connectivity index (χ1v) is 8.59. The molecule has 1 aromatic carbocycles. The van der Waals surface area contributed by atoms with Gasteiger partial charge in [-0.2, -0.15) is 0 Å². The average molecular weight is 303 g/mol. The van der Waals surface area contributed by atoms with Gasteiger partial charge in [0.1, 0.15) is 11.9 Å². The van der Waals surface area contributed by atoms with Gasteiger partial charge in [-0.25, -0.2) is 0 Å². The number of benzene rings is 1. The van der Waals surface area contributed by atoms with Crippen LogP contribution in [-0.2, 0) is 0 Å². The smallest absolute Gasteiger partial charge is 0.120 e. The highest BCUT2D eigenvalue weighted by atomic mass is 16.5. The van der Waals surface area contributed by atoms with Gasteiger partial charge in [-0.15, -0.1) is 0 Å². The molecule has 1 aliphatic carbocycles. The van der Waals surface area contributed by atoms with Crippen LogP contribution >= 0.6 is 0 Å². The fourth-order valence-corrected chi connectivity index (χ4v) is 3.68. The second-order valence-electron chi connectivity index (χ2n) is 6.87. The number of aryl methyl sites for hydroxylation is 1. The van der Waals surface area contributed by atoms with Crippen LogP contribution < -0.4 is 10.5 Å². The zero-order valence-corrected chi connectivity index (χ0v) is 13.9. The van der Waals surface area contributed by atoms with Gasteiger partial charge in [-0.05, 0) is 57.0 Å². The van der Waals surface area contributed by atoms with Crippen LogP contribution in [0.1, 0.15) is 31.2 Å². The van der Waals surface area contributed by atoms with Gasteiger partial charge in [0.05, 0.1) is 0 Å². The van der Waals surface area contributed by atoms with E-state index in [2.05, 4.69) is 22.9 Å². The predicted octanol–water partition coefficient (Wildman–Crippen LogP) is 2.51. The number of anilines is 1. The fraction of sp³-hybridized carbons (Fsp3) is 0.667. The molecule has 2 aliphatic rings. The molecule has 2 unspecified atom stereocenters. The van der Waals surface area contributed by atoms with E-state index in [0.29, 0.717) is 12.1 Å². The standard InChI is InChI=1S/C18H29N3O/c1-14-13-15(7-8-16(14)19)22-18-6-4-3-5-17(18)21-11-9-20(2)10-12-21/h7-8,13,17-18H,3-6,9-12,19H2,1-2H3. The second kappa shape index (κ2) is 6.88. The van der Waals surface area contributed by atoms with E-state index in [1.165, 1.54) is 51.9 Å². The molecule has 122 valence electrons. The Morgan fingerprint density at radius 1 is 1.09 bits per heavy atom. The maximum atomic E-state index is 6.37. The van der Waals surface area contributed by atoms with Crippen LogP contribution in [0.4, 0.5) is 5.69 Å². The van der Waals surface area contributed by atoms with Gasteiger partial charge < -0.3 is 15.4 Å². The number of rotatable bonds is 3. The van der Waals surface area contributed by atoms with Gasteiger partial charge in [-0.1, -0.05) is 6.42 Å². The molecule has 1 aliphatic heterocycles. The summed E-state index contributed by atoms with van der Waals surface area (Å²) in [6, 6.07) is 6.61. The molecule has 0 bridgehead atoms. The molecule has 0 amide bonds. The Bertz CT molecular complexity index is 497. The molecule has 4 nitrogen and oxygen atoms in total. The third-order valence-electron chi connectivity index (χ3n) is 5.20. The predicted molar refractivity (Wildman–Crippen MR) is 91.3 cm³/mol. The highest BCUT2D eigenvalue weighted by Gasteiger charge is 2.33. The van der Waals surface area contributed by atoms with E-state index in [4.69, 9.17) is 10.5 Å². The van der Waals surface area contributed by atoms with Crippen LogP contribution in [0, 0.1) is 6.92 Å². The van der Waals surface area contributed by atoms with E-state index < -0.39 is 0 Å². The molecule has 0 spiro atoms. The summed E-state index contributed by atoms with van der Waals surface area (Å²) in [5.41, 5.74) is 7.85. The summed E-state index contributed by atoms with van der Waals surface area (Å²) in [4.78, 5) is 5.06. The zero-order valence-electron chi connectivity index (χ0n) is 13.9. The van der Waals surface area contributed by atoms with Gasteiger partial charge in [0, 0.05) is 37.9 Å². The average Bonchev–Trinajstić information content (AvgIpc) is 2.52. The number of nitrogen functional groups attached to an aromatic ring is 1. The van der Waals surface area contributed by atoms with Gasteiger partial charge in [0.2, 0.25) is 0 Å². The minimum atomic E-state index is 0.320. The molecule has 0 aromatic heterocycles. The lowest BCUT2D eigenvalue weighted by molar-refractivity contribution is 0.0130. The molecule has 2 atom stereocenters. The third kappa shape index (κ3) is 3.55. The number of likely N-dealkylation sites (N-methyl/N-ethyl adjacent to an activating group) is 1. The summed E-state index contributed by atoms with van der Waals surface area (Å²) in [5.74, 6) is 0.970. The first kappa shape index (κ1) is 15.6. The summed E-state index contributed by atoms with van der Waals surface area (Å²) < 4.78 is 6.37. The van der Waals surface area contributed by atoms with Crippen molar-refractivity contribution in [3.05, 3.63) is 23.8 Å². The normalized spacial score (nSPS) is 27.7. The molecular weight excluding hydrogens is 274 g/mol. The van der Waals surface area contributed by atoms with Crippen LogP contribution in [0.2, 0.25) is 0 Å². The van der Waals surface area contributed by atoms with Crippen LogP contribution in [0.15, 0.2) is 18.2 Å². The molecular formula is C18H29N3O. The molecule has 22 heavy (non-hydrogen) atoms. The van der Waals surface area contributed by atoms with Crippen molar-refractivity contribution in [1.29, 1.82) is 0 Å². The van der Waals surface area contributed by atoms with E-state index >= 15 is 0 Å². The molecule has 2 fully saturated rings. The number of nitrogens with two attached hydrogens (primary N) is 1. The Labute approximate surface area is 134 Å². The molecule has 1 saturated carbocycles. The Hall–Kier alpha value is -1.26. The lowest BCUT2D eigenvalue weighted by atomic mass is 9.90. The van der Waals surface area contributed by atoms with Gasteiger partial charge in [0.15, 0.2) is 0 Å². The Morgan fingerprint density at radius 2 is 1.82 bits per heavy atom. The molecule has 1 aromatic rings. The van der Waals surface area contributed by atoms with Crippen LogP contribution in [0.3, 0.4) is 0 Å². The summed E-state index contributed by atoms with van der Waals surface area (Å²) in [6.07, 6.45) is 5.36. The fourth-order valence-electron chi connectivity index (χ4n) is 3.68. The summed E-state index contributed by atoms with van der Waals surface area (Å²) in [7, 11) is 2.21. The summed E-state index contributed by atoms with van der Waals surface area (Å²) >= 11 is 0. The molecule has 1 heterocycles. The van der Waals surface area contributed by atoms with Gasteiger partial charge >= 0.3 is 0 Å². The van der Waals surface area contributed by atoms with Gasteiger partial charge in [-0.3, -0.25) is 4.90 Å². The molecule has 3 rings (SSSR count). The van der Waals surface area contributed by atoms with Crippen molar-refractivity contribution >= 4 is 5.69 Å². The number of piperazine rings is 1. The van der Waals surface area contributed by atoms with Crippen molar-refractivity contribution in [2.75, 3.05) is 39.0 Å². The van der Waals surface area contributed by atoms with Crippen molar-refractivity contribution in [3.63, 3.8) is 0 Å². The summed E-state index contributed by atoms with van der Waals surface area (Å²) in [5, 5.41) is 0. The molecule has 2 N–H and O–H groups in total. The van der Waals surface area contributed by atoms with Crippen LogP contribution in [-0.4, -0.2) is 55.2 Å². The lowest BCUT2D eigenvalue weighted by Gasteiger charge is -2.43. The molecule has 4 heteroatoms. The van der Waals surface area contributed by atoms with Gasteiger partial charge in [0.25, 0.3) is 0 Å². The minimum Gasteiger partial charge on any atom is -0.489 e. The highest BCUT2D eigenvalue weighted by Crippen LogP contribution is 2.29. The second-order valence-corrected chi connectivity index (χ2v) is 6.87. The maximum Gasteiger partial charge on any atom is 0.120 e. The monoisotopic (exact) mass is 303 g/mol. The van der Waals surface area contributed by atoms with E-state index in [1.807, 2.05) is 19.1 Å². The number of nitrogens with zero attached hydrogens (tertiary/aromatic N) is 2. The van der Waals surface area contributed by atoms with Crippen molar-refractivity contribution in [1.82, 2.24) is 9.80 Å². The van der Waals surface area contributed by atoms with Crippen molar-refractivity contribution < 1.29 is 4.74 Å². The first-order valence-electron chi connectivity index (χ1n) is 8.59. The zero-order chi connectivity index (χ0) is 15.5. The Balaban J connectivity index is 1.68. The minimum absolute atomic E-state index is 0.320. The number of hydrogen-bond acceptors (Lipinski definition) is 4. The molecule has 1 saturated heterocycles. The first-order chi connectivity index (χ1) is 10.6. The Kier molecular flexibility index (Phi) is 4.89.